The molecular formula is C17H20BrFN4S. The fourth-order valence-electron chi connectivity index (χ4n) is 2.94. The summed E-state index contributed by atoms with van der Waals surface area (Å²) in [5.74, 6) is 0.410. The molecule has 1 heterocycles. The number of nitrogens with one attached hydrogen (secondary N) is 2. The van der Waals surface area contributed by atoms with Gasteiger partial charge >= 0.3 is 0 Å². The first kappa shape index (κ1) is 17.4. The van der Waals surface area contributed by atoms with Gasteiger partial charge in [-0.25, -0.2) is 4.39 Å². The van der Waals surface area contributed by atoms with Crippen LogP contribution in [0.2, 0.25) is 0 Å². The van der Waals surface area contributed by atoms with E-state index >= 15 is 0 Å². The second-order valence-corrected chi connectivity index (χ2v) is 7.31. The molecule has 4 nitrogen and oxygen atoms in total. The van der Waals surface area contributed by atoms with Crippen LogP contribution >= 0.6 is 28.1 Å². The smallest absolute Gasteiger partial charge is 0.172 e. The highest BCUT2D eigenvalue weighted by Crippen LogP contribution is 2.22. The number of halogens is 2. The van der Waals surface area contributed by atoms with E-state index in [-0.39, 0.29) is 5.82 Å². The number of hydrogen-bond acceptors (Lipinski definition) is 2. The Kier molecular flexibility index (Phi) is 5.84. The largest absolute Gasteiger partial charge is 0.360 e. The molecule has 2 aromatic rings. The molecule has 128 valence electrons. The Morgan fingerprint density at radius 1 is 1.29 bits per heavy atom. The van der Waals surface area contributed by atoms with E-state index in [2.05, 4.69) is 31.7 Å². The van der Waals surface area contributed by atoms with E-state index in [1.807, 2.05) is 12.3 Å². The molecule has 1 aliphatic carbocycles. The van der Waals surface area contributed by atoms with Gasteiger partial charge in [0.2, 0.25) is 0 Å². The summed E-state index contributed by atoms with van der Waals surface area (Å²) in [6.07, 6.45) is 7.94. The van der Waals surface area contributed by atoms with Crippen molar-refractivity contribution in [3.63, 3.8) is 0 Å². The van der Waals surface area contributed by atoms with Crippen LogP contribution in [0.25, 0.3) is 0 Å². The van der Waals surface area contributed by atoms with E-state index in [0.717, 1.165) is 17.3 Å². The van der Waals surface area contributed by atoms with Crippen molar-refractivity contribution in [2.24, 2.45) is 0 Å². The molecule has 1 aromatic heterocycles. The van der Waals surface area contributed by atoms with Crippen LogP contribution in [0, 0.1) is 5.82 Å². The summed E-state index contributed by atoms with van der Waals surface area (Å²) in [7, 11) is 0. The average Bonchev–Trinajstić information content (AvgIpc) is 2.90. The SMILES string of the molecule is Fc1ccccc1Cn1cc(Br)c(NC(=S)NC2CCCCC2)n1. The quantitative estimate of drug-likeness (QED) is 0.730. The van der Waals surface area contributed by atoms with Crippen molar-refractivity contribution in [3.8, 4) is 0 Å². The number of benzene rings is 1. The Balaban J connectivity index is 1.61. The maximum Gasteiger partial charge on any atom is 0.172 e. The standard InChI is InChI=1S/C17H20BrFN4S/c18-14-11-23(10-12-6-4-5-9-15(12)19)22-16(14)21-17(24)20-13-7-2-1-3-8-13/h4-6,9,11,13H,1-3,7-8,10H2,(H2,20,21,22,24). The van der Waals surface area contributed by atoms with E-state index < -0.39 is 0 Å². The zero-order valence-electron chi connectivity index (χ0n) is 13.3. The predicted octanol–water partition coefficient (Wildman–Crippen LogP) is 4.45. The lowest BCUT2D eigenvalue weighted by atomic mass is 9.96. The molecule has 1 aromatic carbocycles. The maximum atomic E-state index is 13.8. The molecule has 0 radical (unpaired) electrons. The third-order valence-electron chi connectivity index (χ3n) is 4.18. The number of thiocarbonyl (C=S) groups is 1. The summed E-state index contributed by atoms with van der Waals surface area (Å²) in [4.78, 5) is 0. The number of nitrogens with zero attached hydrogens (tertiary/aromatic N) is 2. The van der Waals surface area contributed by atoms with Crippen molar-refractivity contribution in [2.75, 3.05) is 5.32 Å². The summed E-state index contributed by atoms with van der Waals surface area (Å²) in [6.45, 7) is 0.371. The van der Waals surface area contributed by atoms with E-state index in [0.29, 0.717) is 29.1 Å². The van der Waals surface area contributed by atoms with Gasteiger partial charge in [0.15, 0.2) is 10.9 Å². The molecule has 0 spiro atoms. The topological polar surface area (TPSA) is 41.9 Å². The average molecular weight is 411 g/mol. The molecule has 3 rings (SSSR count). The lowest BCUT2D eigenvalue weighted by Crippen LogP contribution is -2.39. The molecule has 0 bridgehead atoms. The number of aromatic nitrogens is 2. The van der Waals surface area contributed by atoms with Gasteiger partial charge in [0, 0.05) is 17.8 Å². The Hall–Kier alpha value is -1.47. The molecule has 24 heavy (non-hydrogen) atoms. The number of hydrogen-bond donors (Lipinski definition) is 2. The van der Waals surface area contributed by atoms with Crippen LogP contribution in [-0.4, -0.2) is 20.9 Å². The van der Waals surface area contributed by atoms with Crippen LogP contribution in [0.5, 0.6) is 0 Å². The molecule has 2 N–H and O–H groups in total. The highest BCUT2D eigenvalue weighted by molar-refractivity contribution is 9.10. The van der Waals surface area contributed by atoms with Crippen molar-refractivity contribution in [3.05, 3.63) is 46.3 Å². The van der Waals surface area contributed by atoms with Crippen molar-refractivity contribution >= 4 is 39.1 Å². The molecule has 1 saturated carbocycles. The third kappa shape index (κ3) is 4.54. The monoisotopic (exact) mass is 410 g/mol. The van der Waals surface area contributed by atoms with Crippen LogP contribution in [0.15, 0.2) is 34.9 Å². The predicted molar refractivity (Wildman–Crippen MR) is 102 cm³/mol. The van der Waals surface area contributed by atoms with Gasteiger partial charge in [-0.15, -0.1) is 0 Å². The van der Waals surface area contributed by atoms with Crippen LogP contribution in [0.3, 0.4) is 0 Å². The Bertz CT molecular complexity index is 712. The molecule has 0 amide bonds. The van der Waals surface area contributed by atoms with Crippen LogP contribution < -0.4 is 10.6 Å². The van der Waals surface area contributed by atoms with E-state index in [1.54, 1.807) is 16.8 Å². The van der Waals surface area contributed by atoms with Crippen LogP contribution in [0.1, 0.15) is 37.7 Å². The normalized spacial score (nSPS) is 15.2. The van der Waals surface area contributed by atoms with Crippen molar-refractivity contribution < 1.29 is 4.39 Å². The Morgan fingerprint density at radius 3 is 2.79 bits per heavy atom. The summed E-state index contributed by atoms with van der Waals surface area (Å²) in [6, 6.07) is 7.15. The summed E-state index contributed by atoms with van der Waals surface area (Å²) >= 11 is 8.86. The van der Waals surface area contributed by atoms with Crippen LogP contribution in [-0.2, 0) is 6.54 Å². The minimum atomic E-state index is -0.229. The molecule has 0 unspecified atom stereocenters. The maximum absolute atomic E-state index is 13.8. The Morgan fingerprint density at radius 2 is 2.04 bits per heavy atom. The first-order valence-corrected chi connectivity index (χ1v) is 9.36. The second kappa shape index (κ2) is 8.07. The third-order valence-corrected chi connectivity index (χ3v) is 4.98. The summed E-state index contributed by atoms with van der Waals surface area (Å²) in [5.41, 5.74) is 0.599. The molecule has 0 saturated heterocycles. The second-order valence-electron chi connectivity index (χ2n) is 6.05. The fourth-order valence-corrected chi connectivity index (χ4v) is 3.62. The molecule has 0 aliphatic heterocycles. The van der Waals surface area contributed by atoms with E-state index in [4.69, 9.17) is 12.2 Å². The van der Waals surface area contributed by atoms with Crippen molar-refractivity contribution in [2.45, 2.75) is 44.7 Å². The van der Waals surface area contributed by atoms with Gasteiger partial charge in [0.05, 0.1) is 11.0 Å². The van der Waals surface area contributed by atoms with Gasteiger partial charge in [-0.3, -0.25) is 4.68 Å². The van der Waals surface area contributed by atoms with Crippen LogP contribution in [0.4, 0.5) is 10.2 Å². The molecule has 7 heteroatoms. The number of rotatable bonds is 4. The molecular weight excluding hydrogens is 391 g/mol. The highest BCUT2D eigenvalue weighted by Gasteiger charge is 2.15. The molecule has 1 fully saturated rings. The first-order chi connectivity index (χ1) is 11.6. The van der Waals surface area contributed by atoms with Gasteiger partial charge in [0.25, 0.3) is 0 Å². The molecule has 1 aliphatic rings. The zero-order valence-corrected chi connectivity index (χ0v) is 15.7. The van der Waals surface area contributed by atoms with Gasteiger partial charge in [-0.2, -0.15) is 5.10 Å². The summed E-state index contributed by atoms with van der Waals surface area (Å²) in [5, 5.41) is 11.5. The first-order valence-electron chi connectivity index (χ1n) is 8.15. The zero-order chi connectivity index (χ0) is 16.9. The fraction of sp³-hybridized carbons (Fsp3) is 0.412. The van der Waals surface area contributed by atoms with Gasteiger partial charge in [-0.1, -0.05) is 37.5 Å². The van der Waals surface area contributed by atoms with Crippen molar-refractivity contribution in [1.29, 1.82) is 0 Å². The highest BCUT2D eigenvalue weighted by atomic mass is 79.9. The summed E-state index contributed by atoms with van der Waals surface area (Å²) < 4.78 is 16.2. The van der Waals surface area contributed by atoms with E-state index in [1.165, 1.54) is 25.3 Å². The van der Waals surface area contributed by atoms with Gasteiger partial charge in [0.1, 0.15) is 5.82 Å². The number of anilines is 1. The van der Waals surface area contributed by atoms with Gasteiger partial charge < -0.3 is 10.6 Å². The minimum Gasteiger partial charge on any atom is -0.360 e. The Labute approximate surface area is 155 Å². The van der Waals surface area contributed by atoms with Crippen molar-refractivity contribution in [1.82, 2.24) is 15.1 Å². The van der Waals surface area contributed by atoms with E-state index in [9.17, 15) is 4.39 Å². The minimum absolute atomic E-state index is 0.229. The lowest BCUT2D eigenvalue weighted by molar-refractivity contribution is 0.414. The lowest BCUT2D eigenvalue weighted by Gasteiger charge is -2.24. The molecule has 0 atom stereocenters. The van der Waals surface area contributed by atoms with Gasteiger partial charge in [-0.05, 0) is 47.1 Å².